The number of pyridine rings is 1. The highest BCUT2D eigenvalue weighted by molar-refractivity contribution is 7.80. The fourth-order valence-electron chi connectivity index (χ4n) is 3.02. The van der Waals surface area contributed by atoms with Crippen molar-refractivity contribution in [3.63, 3.8) is 0 Å². The largest absolute Gasteiger partial charge is 0.349 e. The van der Waals surface area contributed by atoms with Crippen LogP contribution in [0.25, 0.3) is 0 Å². The van der Waals surface area contributed by atoms with Gasteiger partial charge >= 0.3 is 0 Å². The third-order valence-corrected chi connectivity index (χ3v) is 4.49. The maximum absolute atomic E-state index is 5.51. The van der Waals surface area contributed by atoms with Gasteiger partial charge < -0.3 is 5.32 Å². The molecule has 1 fully saturated rings. The zero-order valence-corrected chi connectivity index (χ0v) is 14.7. The van der Waals surface area contributed by atoms with Gasteiger partial charge in [0.1, 0.15) is 0 Å². The summed E-state index contributed by atoms with van der Waals surface area (Å²) in [7, 11) is 0. The SMILES string of the molecule is S=C(CN1CCCN(Cc2ccccc2)CC1)Nc1ccncc1. The van der Waals surface area contributed by atoms with Gasteiger partial charge in [-0.25, -0.2) is 0 Å². The summed E-state index contributed by atoms with van der Waals surface area (Å²) in [6.45, 7) is 6.25. The van der Waals surface area contributed by atoms with E-state index in [1.54, 1.807) is 12.4 Å². The maximum Gasteiger partial charge on any atom is 0.0939 e. The van der Waals surface area contributed by atoms with E-state index in [1.165, 1.54) is 12.0 Å². The summed E-state index contributed by atoms with van der Waals surface area (Å²) >= 11 is 5.51. The van der Waals surface area contributed by atoms with E-state index in [4.69, 9.17) is 12.2 Å². The molecule has 1 aliphatic heterocycles. The van der Waals surface area contributed by atoms with E-state index in [-0.39, 0.29) is 0 Å². The third kappa shape index (κ3) is 5.37. The van der Waals surface area contributed by atoms with E-state index in [0.717, 1.165) is 49.9 Å². The topological polar surface area (TPSA) is 31.4 Å². The highest BCUT2D eigenvalue weighted by Gasteiger charge is 2.16. The highest BCUT2D eigenvalue weighted by atomic mass is 32.1. The quantitative estimate of drug-likeness (QED) is 0.846. The van der Waals surface area contributed by atoms with E-state index in [9.17, 15) is 0 Å². The minimum absolute atomic E-state index is 0.816. The molecule has 0 radical (unpaired) electrons. The lowest BCUT2D eigenvalue weighted by molar-refractivity contribution is 0.264. The van der Waals surface area contributed by atoms with Gasteiger partial charge in [-0.05, 0) is 37.2 Å². The van der Waals surface area contributed by atoms with E-state index >= 15 is 0 Å². The smallest absolute Gasteiger partial charge is 0.0939 e. The molecule has 1 aliphatic rings. The summed E-state index contributed by atoms with van der Waals surface area (Å²) in [6.07, 6.45) is 4.74. The van der Waals surface area contributed by atoms with Crippen molar-refractivity contribution in [3.8, 4) is 0 Å². The molecule has 4 nitrogen and oxygen atoms in total. The Bertz CT molecular complexity index is 632. The molecule has 0 amide bonds. The average molecular weight is 340 g/mol. The van der Waals surface area contributed by atoms with Crippen LogP contribution < -0.4 is 5.32 Å². The third-order valence-electron chi connectivity index (χ3n) is 4.26. The van der Waals surface area contributed by atoms with E-state index < -0.39 is 0 Å². The van der Waals surface area contributed by atoms with Gasteiger partial charge in [-0.3, -0.25) is 14.8 Å². The van der Waals surface area contributed by atoms with Crippen LogP contribution in [0.4, 0.5) is 5.69 Å². The van der Waals surface area contributed by atoms with Crippen LogP contribution in [0.2, 0.25) is 0 Å². The summed E-state index contributed by atoms with van der Waals surface area (Å²) in [5.41, 5.74) is 2.40. The molecule has 2 aromatic rings. The minimum atomic E-state index is 0.816. The Morgan fingerprint density at radius 1 is 0.958 bits per heavy atom. The van der Waals surface area contributed by atoms with Crippen molar-refractivity contribution in [2.24, 2.45) is 0 Å². The number of rotatable bonds is 5. The first-order valence-electron chi connectivity index (χ1n) is 8.48. The molecule has 24 heavy (non-hydrogen) atoms. The number of anilines is 1. The second-order valence-electron chi connectivity index (χ2n) is 6.18. The van der Waals surface area contributed by atoms with Crippen molar-refractivity contribution in [3.05, 3.63) is 60.4 Å². The number of nitrogens with one attached hydrogen (secondary N) is 1. The summed E-state index contributed by atoms with van der Waals surface area (Å²) < 4.78 is 0. The molecule has 1 N–H and O–H groups in total. The van der Waals surface area contributed by atoms with Crippen molar-refractivity contribution in [1.82, 2.24) is 14.8 Å². The molecular formula is C19H24N4S. The van der Waals surface area contributed by atoms with Crippen LogP contribution in [0.15, 0.2) is 54.9 Å². The number of thiocarbonyl (C=S) groups is 1. The molecule has 5 heteroatoms. The number of benzene rings is 1. The Morgan fingerprint density at radius 2 is 1.67 bits per heavy atom. The van der Waals surface area contributed by atoms with Crippen LogP contribution in [0.1, 0.15) is 12.0 Å². The molecule has 2 heterocycles. The Morgan fingerprint density at radius 3 is 2.46 bits per heavy atom. The van der Waals surface area contributed by atoms with E-state index in [0.29, 0.717) is 0 Å². The Kier molecular flexibility index (Phi) is 6.29. The lowest BCUT2D eigenvalue weighted by atomic mass is 10.2. The molecule has 0 saturated carbocycles. The number of aromatic nitrogens is 1. The molecule has 126 valence electrons. The van der Waals surface area contributed by atoms with Gasteiger partial charge in [-0.1, -0.05) is 42.5 Å². The van der Waals surface area contributed by atoms with Crippen LogP contribution in [0.5, 0.6) is 0 Å². The first-order chi connectivity index (χ1) is 11.8. The highest BCUT2D eigenvalue weighted by Crippen LogP contribution is 2.10. The predicted octanol–water partition coefficient (Wildman–Crippen LogP) is 3.03. The lowest BCUT2D eigenvalue weighted by Gasteiger charge is -2.22. The van der Waals surface area contributed by atoms with Crippen molar-refractivity contribution in [2.45, 2.75) is 13.0 Å². The van der Waals surface area contributed by atoms with Crippen LogP contribution in [0.3, 0.4) is 0 Å². The standard InChI is InChI=1S/C19H24N4S/c24-19(21-18-7-9-20-10-8-18)16-23-12-4-11-22(13-14-23)15-17-5-2-1-3-6-17/h1-3,5-10H,4,11-16H2,(H,20,21,24). The Hall–Kier alpha value is -1.82. The molecule has 0 unspecified atom stereocenters. The van der Waals surface area contributed by atoms with E-state index in [1.807, 2.05) is 12.1 Å². The van der Waals surface area contributed by atoms with Gasteiger partial charge in [-0.2, -0.15) is 0 Å². The number of hydrogen-bond acceptors (Lipinski definition) is 4. The van der Waals surface area contributed by atoms with Crippen LogP contribution in [-0.2, 0) is 6.54 Å². The fourth-order valence-corrected chi connectivity index (χ4v) is 3.32. The molecule has 1 aromatic heterocycles. The number of hydrogen-bond donors (Lipinski definition) is 1. The monoisotopic (exact) mass is 340 g/mol. The second-order valence-corrected chi connectivity index (χ2v) is 6.67. The van der Waals surface area contributed by atoms with Crippen LogP contribution >= 0.6 is 12.2 Å². The molecular weight excluding hydrogens is 316 g/mol. The van der Waals surface area contributed by atoms with Gasteiger partial charge in [0.05, 0.1) is 4.99 Å². The molecule has 0 bridgehead atoms. The normalized spacial score (nSPS) is 16.5. The Balaban J connectivity index is 1.46. The molecule has 0 atom stereocenters. The minimum Gasteiger partial charge on any atom is -0.349 e. The van der Waals surface area contributed by atoms with Crippen molar-refractivity contribution in [2.75, 3.05) is 38.0 Å². The molecule has 1 aromatic carbocycles. The van der Waals surface area contributed by atoms with Crippen molar-refractivity contribution >= 4 is 22.9 Å². The van der Waals surface area contributed by atoms with Crippen molar-refractivity contribution in [1.29, 1.82) is 0 Å². The zero-order valence-electron chi connectivity index (χ0n) is 13.9. The first kappa shape index (κ1) is 17.0. The second kappa shape index (κ2) is 8.87. The number of nitrogens with zero attached hydrogens (tertiary/aromatic N) is 3. The molecule has 0 spiro atoms. The fraction of sp³-hybridized carbons (Fsp3) is 0.368. The molecule has 0 aliphatic carbocycles. The van der Waals surface area contributed by atoms with Gasteiger partial charge in [0.2, 0.25) is 0 Å². The van der Waals surface area contributed by atoms with Crippen LogP contribution in [-0.4, -0.2) is 52.5 Å². The maximum atomic E-state index is 5.51. The summed E-state index contributed by atoms with van der Waals surface area (Å²) in [6, 6.07) is 14.6. The average Bonchev–Trinajstić information content (AvgIpc) is 2.82. The zero-order chi connectivity index (χ0) is 16.6. The van der Waals surface area contributed by atoms with Gasteiger partial charge in [-0.15, -0.1) is 0 Å². The van der Waals surface area contributed by atoms with Gasteiger partial charge in [0, 0.05) is 44.3 Å². The van der Waals surface area contributed by atoms with Crippen LogP contribution in [0, 0.1) is 0 Å². The molecule has 3 rings (SSSR count). The Labute approximate surface area is 149 Å². The summed E-state index contributed by atoms with van der Waals surface area (Å²) in [4.78, 5) is 9.88. The summed E-state index contributed by atoms with van der Waals surface area (Å²) in [5.74, 6) is 0. The first-order valence-corrected chi connectivity index (χ1v) is 8.89. The van der Waals surface area contributed by atoms with Gasteiger partial charge in [0.25, 0.3) is 0 Å². The van der Waals surface area contributed by atoms with E-state index in [2.05, 4.69) is 50.4 Å². The predicted molar refractivity (Wildman–Crippen MR) is 103 cm³/mol. The lowest BCUT2D eigenvalue weighted by Crippen LogP contribution is -2.35. The summed E-state index contributed by atoms with van der Waals surface area (Å²) in [5, 5.41) is 3.30. The molecule has 1 saturated heterocycles. The van der Waals surface area contributed by atoms with Crippen molar-refractivity contribution < 1.29 is 0 Å². The van der Waals surface area contributed by atoms with Gasteiger partial charge in [0.15, 0.2) is 0 Å².